The molecule has 0 bridgehead atoms. The Morgan fingerprint density at radius 1 is 1.06 bits per heavy atom. The minimum atomic E-state index is -0.512. The maximum atomic E-state index is 12.3. The smallest absolute Gasteiger partial charge is 0.249 e. The zero-order valence-electron chi connectivity index (χ0n) is 18.8. The molecule has 0 saturated heterocycles. The van der Waals surface area contributed by atoms with Gasteiger partial charge in [-0.05, 0) is 53.8 Å². The molecule has 0 aliphatic heterocycles. The van der Waals surface area contributed by atoms with E-state index in [-0.39, 0.29) is 0 Å². The van der Waals surface area contributed by atoms with Gasteiger partial charge in [0.2, 0.25) is 11.8 Å². The fourth-order valence-electron chi connectivity index (χ4n) is 3.41. The van der Waals surface area contributed by atoms with Crippen LogP contribution in [0.4, 0.5) is 17.3 Å². The standard InChI is InChI=1S/C26H21N7O2/c1-16-9-11-29-14-20(16)22-12-18-13-23(30-15-21(18)26(28)32-22)33-25(35)7-6-24(34)31-19-4-2-17(3-5-19)8-10-27/h2-7,9,11-15H,8H2,1H3,(H2,28,32)(H,31,34)(H,30,33,35)/b7-6-. The highest BCUT2D eigenvalue weighted by Crippen LogP contribution is 2.28. The van der Waals surface area contributed by atoms with E-state index in [4.69, 9.17) is 11.0 Å². The van der Waals surface area contributed by atoms with E-state index >= 15 is 0 Å². The van der Waals surface area contributed by atoms with E-state index in [1.165, 1.54) is 0 Å². The molecule has 1 aromatic carbocycles. The Morgan fingerprint density at radius 3 is 2.51 bits per heavy atom. The van der Waals surface area contributed by atoms with E-state index in [0.717, 1.165) is 34.2 Å². The minimum absolute atomic E-state index is 0.296. The van der Waals surface area contributed by atoms with Gasteiger partial charge in [-0.25, -0.2) is 9.97 Å². The molecule has 3 heterocycles. The molecule has 4 aromatic rings. The summed E-state index contributed by atoms with van der Waals surface area (Å²) in [6, 6.07) is 14.4. The van der Waals surface area contributed by atoms with Gasteiger partial charge in [0.05, 0.1) is 18.2 Å². The molecule has 4 rings (SSSR count). The van der Waals surface area contributed by atoms with Crippen molar-refractivity contribution in [2.45, 2.75) is 13.3 Å². The number of amides is 2. The van der Waals surface area contributed by atoms with Crippen molar-refractivity contribution >= 4 is 39.9 Å². The summed E-state index contributed by atoms with van der Waals surface area (Å²) in [5, 5.41) is 15.4. The number of fused-ring (bicyclic) bond motifs is 1. The number of carbonyl (C=O) groups is 2. The highest BCUT2D eigenvalue weighted by atomic mass is 16.2. The normalized spacial score (nSPS) is 10.7. The molecule has 0 aliphatic rings. The second-order valence-corrected chi connectivity index (χ2v) is 7.72. The van der Waals surface area contributed by atoms with Crippen molar-refractivity contribution in [1.29, 1.82) is 5.26 Å². The quantitative estimate of drug-likeness (QED) is 0.369. The molecule has 4 N–H and O–H groups in total. The zero-order chi connectivity index (χ0) is 24.8. The van der Waals surface area contributed by atoms with Gasteiger partial charge >= 0.3 is 0 Å². The molecule has 172 valence electrons. The Balaban J connectivity index is 1.45. The van der Waals surface area contributed by atoms with E-state index < -0.39 is 11.8 Å². The average molecular weight is 464 g/mol. The van der Waals surface area contributed by atoms with Crippen LogP contribution in [0.1, 0.15) is 11.1 Å². The lowest BCUT2D eigenvalue weighted by Crippen LogP contribution is -2.12. The van der Waals surface area contributed by atoms with E-state index in [1.807, 2.05) is 19.1 Å². The lowest BCUT2D eigenvalue weighted by atomic mass is 10.1. The topological polar surface area (TPSA) is 147 Å². The highest BCUT2D eigenvalue weighted by molar-refractivity contribution is 6.07. The molecule has 0 atom stereocenters. The molecule has 0 aliphatic carbocycles. The van der Waals surface area contributed by atoms with Crippen molar-refractivity contribution < 1.29 is 9.59 Å². The number of pyridine rings is 3. The molecular formula is C26H21N7O2. The van der Waals surface area contributed by atoms with Crippen LogP contribution in [0.5, 0.6) is 0 Å². The van der Waals surface area contributed by atoms with Crippen LogP contribution in [0.25, 0.3) is 22.0 Å². The van der Waals surface area contributed by atoms with Gasteiger partial charge in [0.25, 0.3) is 0 Å². The van der Waals surface area contributed by atoms with Crippen LogP contribution in [-0.4, -0.2) is 26.8 Å². The first kappa shape index (κ1) is 23.1. The van der Waals surface area contributed by atoms with Crippen LogP contribution in [0, 0.1) is 18.3 Å². The van der Waals surface area contributed by atoms with Crippen LogP contribution in [-0.2, 0) is 16.0 Å². The van der Waals surface area contributed by atoms with Gasteiger partial charge in [0, 0.05) is 47.4 Å². The van der Waals surface area contributed by atoms with Crippen LogP contribution in [0.15, 0.2) is 73.2 Å². The number of aromatic nitrogens is 3. The van der Waals surface area contributed by atoms with Crippen molar-refractivity contribution in [3.05, 3.63) is 84.3 Å². The SMILES string of the molecule is Cc1ccncc1-c1cc2cc(NC(=O)/C=C\C(=O)Nc3ccc(CC#N)cc3)ncc2c(N)n1. The van der Waals surface area contributed by atoms with Crippen LogP contribution in [0.2, 0.25) is 0 Å². The number of aryl methyl sites for hydroxylation is 1. The number of benzene rings is 1. The maximum Gasteiger partial charge on any atom is 0.249 e. The second kappa shape index (κ2) is 10.2. The summed E-state index contributed by atoms with van der Waals surface area (Å²) in [6.07, 6.45) is 7.52. The molecule has 9 nitrogen and oxygen atoms in total. The number of nitrogens with one attached hydrogen (secondary N) is 2. The van der Waals surface area contributed by atoms with Crippen LogP contribution < -0.4 is 16.4 Å². The first-order valence-corrected chi connectivity index (χ1v) is 10.7. The predicted molar refractivity (Wildman–Crippen MR) is 134 cm³/mol. The van der Waals surface area contributed by atoms with Crippen molar-refractivity contribution in [3.63, 3.8) is 0 Å². The van der Waals surface area contributed by atoms with E-state index in [2.05, 4.69) is 31.7 Å². The van der Waals surface area contributed by atoms with Crippen LogP contribution in [0.3, 0.4) is 0 Å². The van der Waals surface area contributed by atoms with Gasteiger partial charge in [-0.1, -0.05) is 12.1 Å². The summed E-state index contributed by atoms with van der Waals surface area (Å²) in [6.45, 7) is 1.96. The minimum Gasteiger partial charge on any atom is -0.383 e. The summed E-state index contributed by atoms with van der Waals surface area (Å²) in [5.74, 6) is -0.347. The Labute approximate surface area is 201 Å². The van der Waals surface area contributed by atoms with Gasteiger partial charge in [-0.3, -0.25) is 14.6 Å². The number of nitriles is 1. The van der Waals surface area contributed by atoms with Crippen molar-refractivity contribution in [3.8, 4) is 17.3 Å². The number of nitrogen functional groups attached to an aromatic ring is 1. The fourth-order valence-corrected chi connectivity index (χ4v) is 3.41. The Bertz CT molecular complexity index is 1490. The van der Waals surface area contributed by atoms with Gasteiger partial charge < -0.3 is 16.4 Å². The van der Waals surface area contributed by atoms with Gasteiger partial charge in [0.1, 0.15) is 11.6 Å². The van der Waals surface area contributed by atoms with Crippen molar-refractivity contribution in [2.24, 2.45) is 0 Å². The third-order valence-electron chi connectivity index (χ3n) is 5.20. The number of carbonyl (C=O) groups excluding carboxylic acids is 2. The predicted octanol–water partition coefficient (Wildman–Crippen LogP) is 3.78. The molecule has 0 fully saturated rings. The number of rotatable bonds is 6. The zero-order valence-corrected chi connectivity index (χ0v) is 18.8. The average Bonchev–Trinajstić information content (AvgIpc) is 2.84. The fraction of sp³-hybridized carbons (Fsp3) is 0.0769. The summed E-state index contributed by atoms with van der Waals surface area (Å²) >= 11 is 0. The van der Waals surface area contributed by atoms with Crippen LogP contribution >= 0.6 is 0 Å². The Kier molecular flexibility index (Phi) is 6.74. The van der Waals surface area contributed by atoms with Gasteiger partial charge in [-0.15, -0.1) is 0 Å². The van der Waals surface area contributed by atoms with Crippen molar-refractivity contribution in [1.82, 2.24) is 15.0 Å². The van der Waals surface area contributed by atoms with E-state index in [9.17, 15) is 9.59 Å². The molecule has 0 unspecified atom stereocenters. The van der Waals surface area contributed by atoms with Gasteiger partial charge in [0.15, 0.2) is 0 Å². The molecule has 0 saturated carbocycles. The maximum absolute atomic E-state index is 12.3. The first-order chi connectivity index (χ1) is 16.9. The lowest BCUT2D eigenvalue weighted by Gasteiger charge is -2.09. The van der Waals surface area contributed by atoms with Crippen molar-refractivity contribution in [2.75, 3.05) is 16.4 Å². The largest absolute Gasteiger partial charge is 0.383 e. The van der Waals surface area contributed by atoms with E-state index in [0.29, 0.717) is 34.8 Å². The molecule has 2 amide bonds. The third kappa shape index (κ3) is 5.64. The summed E-state index contributed by atoms with van der Waals surface area (Å²) in [7, 11) is 0. The third-order valence-corrected chi connectivity index (χ3v) is 5.20. The number of anilines is 3. The Morgan fingerprint density at radius 2 is 1.80 bits per heavy atom. The lowest BCUT2D eigenvalue weighted by molar-refractivity contribution is -0.114. The number of hydrogen-bond donors (Lipinski definition) is 3. The molecular weight excluding hydrogens is 442 g/mol. The van der Waals surface area contributed by atoms with Gasteiger partial charge in [-0.2, -0.15) is 5.26 Å². The number of nitrogens with zero attached hydrogens (tertiary/aromatic N) is 4. The monoisotopic (exact) mass is 463 g/mol. The molecule has 0 radical (unpaired) electrons. The summed E-state index contributed by atoms with van der Waals surface area (Å²) in [4.78, 5) is 37.3. The molecule has 9 heteroatoms. The Hall–Kier alpha value is -5.10. The molecule has 35 heavy (non-hydrogen) atoms. The molecule has 0 spiro atoms. The van der Waals surface area contributed by atoms with E-state index in [1.54, 1.807) is 48.9 Å². The first-order valence-electron chi connectivity index (χ1n) is 10.7. The second-order valence-electron chi connectivity index (χ2n) is 7.72. The molecule has 3 aromatic heterocycles. The number of hydrogen-bond acceptors (Lipinski definition) is 7. The number of nitrogens with two attached hydrogens (primary N) is 1. The summed E-state index contributed by atoms with van der Waals surface area (Å²) < 4.78 is 0. The highest BCUT2D eigenvalue weighted by Gasteiger charge is 2.10. The summed E-state index contributed by atoms with van der Waals surface area (Å²) in [5.41, 5.74) is 10.1.